The first-order valence-electron chi connectivity index (χ1n) is 3.68. The molecule has 54 valence electrons. The van der Waals surface area contributed by atoms with Gasteiger partial charge in [-0.2, -0.15) is 0 Å². The van der Waals surface area contributed by atoms with Crippen LogP contribution in [0.1, 0.15) is 25.2 Å². The molecule has 0 radical (unpaired) electrons. The number of imidazole rings is 1. The first-order chi connectivity index (χ1) is 4.67. The summed E-state index contributed by atoms with van der Waals surface area (Å²) in [5, 5.41) is 0. The zero-order chi connectivity index (χ0) is 7.19. The van der Waals surface area contributed by atoms with Gasteiger partial charge in [-0.25, -0.2) is 4.98 Å². The Morgan fingerprint density at radius 1 is 1.50 bits per heavy atom. The molecular formula is C8H12N2. The summed E-state index contributed by atoms with van der Waals surface area (Å²) in [6.45, 7) is 4.56. The Labute approximate surface area is 60.7 Å². The maximum atomic E-state index is 4.24. The molecule has 0 unspecified atom stereocenters. The molecule has 0 aromatic carbocycles. The van der Waals surface area contributed by atoms with Gasteiger partial charge in [0.25, 0.3) is 0 Å². The molecule has 10 heavy (non-hydrogen) atoms. The summed E-state index contributed by atoms with van der Waals surface area (Å²) >= 11 is 0. The van der Waals surface area contributed by atoms with Gasteiger partial charge < -0.3 is 4.98 Å². The van der Waals surface area contributed by atoms with Crippen molar-refractivity contribution < 1.29 is 0 Å². The summed E-state index contributed by atoms with van der Waals surface area (Å²) in [5.74, 6) is 0. The molecule has 2 rings (SSSR count). The molecule has 1 N–H and O–H groups in total. The Kier molecular flexibility index (Phi) is 0.967. The Bertz CT molecular complexity index is 225. The number of nitrogens with one attached hydrogen (secondary N) is 1. The van der Waals surface area contributed by atoms with E-state index in [0.29, 0.717) is 5.41 Å². The Hall–Kier alpha value is -0.790. The maximum Gasteiger partial charge on any atom is 0.0925 e. The Morgan fingerprint density at radius 3 is 3.00 bits per heavy atom. The van der Waals surface area contributed by atoms with Gasteiger partial charge in [-0.05, 0) is 18.3 Å². The van der Waals surface area contributed by atoms with Crippen molar-refractivity contribution >= 4 is 0 Å². The molecule has 0 saturated heterocycles. The van der Waals surface area contributed by atoms with E-state index in [1.165, 1.54) is 11.4 Å². The minimum absolute atomic E-state index is 0.440. The number of hydrogen-bond donors (Lipinski definition) is 1. The third-order valence-electron chi connectivity index (χ3n) is 2.11. The molecule has 0 aliphatic heterocycles. The third kappa shape index (κ3) is 0.753. The van der Waals surface area contributed by atoms with Crippen LogP contribution in [0.4, 0.5) is 0 Å². The van der Waals surface area contributed by atoms with Gasteiger partial charge in [-0.1, -0.05) is 13.8 Å². The number of aromatic amines is 1. The fourth-order valence-corrected chi connectivity index (χ4v) is 1.65. The minimum atomic E-state index is 0.440. The van der Waals surface area contributed by atoms with Crippen LogP contribution < -0.4 is 0 Å². The lowest BCUT2D eigenvalue weighted by atomic mass is 9.91. The average Bonchev–Trinajstić information content (AvgIpc) is 2.20. The largest absolute Gasteiger partial charge is 0.348 e. The lowest BCUT2D eigenvalue weighted by molar-refractivity contribution is 0.387. The molecule has 0 saturated carbocycles. The van der Waals surface area contributed by atoms with Gasteiger partial charge in [0.2, 0.25) is 0 Å². The molecule has 0 fully saturated rings. The zero-order valence-electron chi connectivity index (χ0n) is 6.44. The van der Waals surface area contributed by atoms with Crippen molar-refractivity contribution in [1.29, 1.82) is 0 Å². The second kappa shape index (κ2) is 1.62. The van der Waals surface area contributed by atoms with E-state index in [0.717, 1.165) is 12.8 Å². The van der Waals surface area contributed by atoms with E-state index < -0.39 is 0 Å². The second-order valence-electron chi connectivity index (χ2n) is 3.85. The fraction of sp³-hybridized carbons (Fsp3) is 0.625. The van der Waals surface area contributed by atoms with Crippen molar-refractivity contribution in [3.05, 3.63) is 17.7 Å². The fourth-order valence-electron chi connectivity index (χ4n) is 1.65. The number of fused-ring (bicyclic) bond motifs is 1. The van der Waals surface area contributed by atoms with Crippen LogP contribution in [0.5, 0.6) is 0 Å². The number of hydrogen-bond acceptors (Lipinski definition) is 1. The van der Waals surface area contributed by atoms with E-state index in [1.54, 1.807) is 6.33 Å². The normalized spacial score (nSPS) is 21.0. The molecule has 1 aromatic rings. The highest BCUT2D eigenvalue weighted by Gasteiger charge is 2.29. The standard InChI is InChI=1S/C8H12N2/c1-8(2)3-6-7(4-8)10-5-9-6/h5H,3-4H2,1-2H3,(H,9,10). The van der Waals surface area contributed by atoms with Gasteiger partial charge in [-0.15, -0.1) is 0 Å². The van der Waals surface area contributed by atoms with Crippen LogP contribution in [0.3, 0.4) is 0 Å². The third-order valence-corrected chi connectivity index (χ3v) is 2.11. The van der Waals surface area contributed by atoms with Crippen LogP contribution in [-0.4, -0.2) is 9.97 Å². The molecule has 1 heterocycles. The molecule has 0 amide bonds. The van der Waals surface area contributed by atoms with Gasteiger partial charge >= 0.3 is 0 Å². The van der Waals surface area contributed by atoms with Crippen LogP contribution in [0, 0.1) is 5.41 Å². The highest BCUT2D eigenvalue weighted by atomic mass is 14.9. The average molecular weight is 136 g/mol. The first-order valence-corrected chi connectivity index (χ1v) is 3.68. The van der Waals surface area contributed by atoms with Crippen LogP contribution in [0.15, 0.2) is 6.33 Å². The molecule has 0 atom stereocenters. The molecule has 2 heteroatoms. The lowest BCUT2D eigenvalue weighted by Gasteiger charge is -2.14. The topological polar surface area (TPSA) is 28.7 Å². The van der Waals surface area contributed by atoms with Crippen molar-refractivity contribution in [1.82, 2.24) is 9.97 Å². The maximum absolute atomic E-state index is 4.24. The highest BCUT2D eigenvalue weighted by molar-refractivity contribution is 5.20. The summed E-state index contributed by atoms with van der Waals surface area (Å²) in [6, 6.07) is 0. The molecular weight excluding hydrogens is 124 g/mol. The van der Waals surface area contributed by atoms with E-state index in [4.69, 9.17) is 0 Å². The number of H-pyrrole nitrogens is 1. The predicted octanol–water partition coefficient (Wildman–Crippen LogP) is 1.53. The zero-order valence-corrected chi connectivity index (χ0v) is 6.44. The highest BCUT2D eigenvalue weighted by Crippen LogP contribution is 2.33. The van der Waals surface area contributed by atoms with Gasteiger partial charge in [0, 0.05) is 5.69 Å². The first kappa shape index (κ1) is 5.96. The van der Waals surface area contributed by atoms with Crippen LogP contribution in [0.2, 0.25) is 0 Å². The lowest BCUT2D eigenvalue weighted by Crippen LogP contribution is -2.10. The molecule has 0 spiro atoms. The summed E-state index contributed by atoms with van der Waals surface area (Å²) in [7, 11) is 0. The number of aromatic nitrogens is 2. The van der Waals surface area contributed by atoms with Crippen LogP contribution in [0.25, 0.3) is 0 Å². The SMILES string of the molecule is CC1(C)Cc2nc[nH]c2C1. The van der Waals surface area contributed by atoms with Crippen molar-refractivity contribution in [3.8, 4) is 0 Å². The summed E-state index contributed by atoms with van der Waals surface area (Å²) in [6.07, 6.45) is 4.08. The second-order valence-corrected chi connectivity index (χ2v) is 3.85. The predicted molar refractivity (Wildman–Crippen MR) is 39.8 cm³/mol. The van der Waals surface area contributed by atoms with Crippen molar-refractivity contribution in [2.45, 2.75) is 26.7 Å². The van der Waals surface area contributed by atoms with Gasteiger partial charge in [-0.3, -0.25) is 0 Å². The van der Waals surface area contributed by atoms with Crippen molar-refractivity contribution in [2.75, 3.05) is 0 Å². The van der Waals surface area contributed by atoms with E-state index in [-0.39, 0.29) is 0 Å². The van der Waals surface area contributed by atoms with Crippen LogP contribution in [-0.2, 0) is 12.8 Å². The number of nitrogens with zero attached hydrogens (tertiary/aromatic N) is 1. The van der Waals surface area contributed by atoms with E-state index in [9.17, 15) is 0 Å². The van der Waals surface area contributed by atoms with Gasteiger partial charge in [0.1, 0.15) is 0 Å². The molecule has 2 nitrogen and oxygen atoms in total. The number of rotatable bonds is 0. The van der Waals surface area contributed by atoms with Gasteiger partial charge in [0.15, 0.2) is 0 Å². The minimum Gasteiger partial charge on any atom is -0.348 e. The van der Waals surface area contributed by atoms with Gasteiger partial charge in [0.05, 0.1) is 12.0 Å². The molecule has 1 aliphatic carbocycles. The Balaban J connectivity index is 2.37. The monoisotopic (exact) mass is 136 g/mol. The summed E-state index contributed by atoms with van der Waals surface area (Å²) in [5.41, 5.74) is 3.05. The van der Waals surface area contributed by atoms with Crippen LogP contribution >= 0.6 is 0 Å². The molecule has 0 bridgehead atoms. The van der Waals surface area contributed by atoms with E-state index in [1.807, 2.05) is 0 Å². The van der Waals surface area contributed by atoms with E-state index >= 15 is 0 Å². The Morgan fingerprint density at radius 2 is 2.30 bits per heavy atom. The van der Waals surface area contributed by atoms with Crippen molar-refractivity contribution in [2.24, 2.45) is 5.41 Å². The summed E-state index contributed by atoms with van der Waals surface area (Å²) < 4.78 is 0. The quantitative estimate of drug-likeness (QED) is 0.575. The van der Waals surface area contributed by atoms with Crippen molar-refractivity contribution in [3.63, 3.8) is 0 Å². The summed E-state index contributed by atoms with van der Waals surface area (Å²) in [4.78, 5) is 7.40. The smallest absolute Gasteiger partial charge is 0.0925 e. The molecule has 1 aromatic heterocycles. The van der Waals surface area contributed by atoms with E-state index in [2.05, 4.69) is 23.8 Å². The molecule has 1 aliphatic rings.